The van der Waals surface area contributed by atoms with Gasteiger partial charge in [-0.15, -0.1) is 12.4 Å². The summed E-state index contributed by atoms with van der Waals surface area (Å²) in [6, 6.07) is 9.95. The van der Waals surface area contributed by atoms with E-state index in [0.717, 1.165) is 33.6 Å². The van der Waals surface area contributed by atoms with E-state index >= 15 is 0 Å². The lowest BCUT2D eigenvalue weighted by Crippen LogP contribution is -2.13. The van der Waals surface area contributed by atoms with Crippen molar-refractivity contribution in [3.05, 3.63) is 58.6 Å². The molecule has 0 fully saturated rings. The molecule has 140 valence electrons. The number of rotatable bonds is 8. The van der Waals surface area contributed by atoms with Gasteiger partial charge < -0.3 is 24.3 Å². The van der Waals surface area contributed by atoms with E-state index in [1.807, 2.05) is 30.3 Å². The van der Waals surface area contributed by atoms with Gasteiger partial charge in [-0.25, -0.2) is 0 Å². The summed E-state index contributed by atoms with van der Waals surface area (Å²) in [4.78, 5) is 0. The molecular weight excluding hydrogens is 422 g/mol. The maximum absolute atomic E-state index is 5.64. The summed E-state index contributed by atoms with van der Waals surface area (Å²) < 4.78 is 22.7. The molecule has 2 aromatic carbocycles. The Bertz CT molecular complexity index is 769. The zero-order valence-electron chi connectivity index (χ0n) is 14.4. The van der Waals surface area contributed by atoms with E-state index in [2.05, 4.69) is 27.8 Å². The van der Waals surface area contributed by atoms with Gasteiger partial charge in [0.05, 0.1) is 11.6 Å². The van der Waals surface area contributed by atoms with Crippen LogP contribution in [0.3, 0.4) is 0 Å². The van der Waals surface area contributed by atoms with Gasteiger partial charge >= 0.3 is 0 Å². The van der Waals surface area contributed by atoms with E-state index in [-0.39, 0.29) is 12.4 Å². The molecule has 0 atom stereocenters. The van der Waals surface area contributed by atoms with E-state index in [9.17, 15) is 0 Å². The van der Waals surface area contributed by atoms with Gasteiger partial charge in [0.2, 0.25) is 6.79 Å². The average Bonchev–Trinajstić information content (AvgIpc) is 3.08. The Morgan fingerprint density at radius 2 is 1.92 bits per heavy atom. The lowest BCUT2D eigenvalue weighted by molar-refractivity contribution is 0.174. The molecule has 0 unspecified atom stereocenters. The molecule has 0 spiro atoms. The quantitative estimate of drug-likeness (QED) is 0.612. The van der Waals surface area contributed by atoms with Gasteiger partial charge in [0, 0.05) is 13.1 Å². The topological polar surface area (TPSA) is 49.0 Å². The minimum absolute atomic E-state index is 0. The monoisotopic (exact) mass is 441 g/mol. The summed E-state index contributed by atoms with van der Waals surface area (Å²) >= 11 is 3.54. The molecule has 0 saturated carbocycles. The van der Waals surface area contributed by atoms with E-state index in [1.54, 1.807) is 13.2 Å². The summed E-state index contributed by atoms with van der Waals surface area (Å²) in [7, 11) is 1.63. The molecule has 2 aromatic rings. The van der Waals surface area contributed by atoms with Crippen molar-refractivity contribution in [2.24, 2.45) is 0 Å². The van der Waals surface area contributed by atoms with Crippen molar-refractivity contribution in [1.82, 2.24) is 5.32 Å². The second-order valence-electron chi connectivity index (χ2n) is 5.50. The fourth-order valence-corrected chi connectivity index (χ4v) is 3.16. The Labute approximate surface area is 167 Å². The van der Waals surface area contributed by atoms with Crippen LogP contribution in [0.4, 0.5) is 0 Å². The van der Waals surface area contributed by atoms with Gasteiger partial charge in [0.1, 0.15) is 6.61 Å². The Hall–Kier alpha value is -1.89. The zero-order valence-corrected chi connectivity index (χ0v) is 16.8. The summed E-state index contributed by atoms with van der Waals surface area (Å²) in [5, 5.41) is 3.42. The third-order valence-electron chi connectivity index (χ3n) is 3.73. The highest BCUT2D eigenvalue weighted by Crippen LogP contribution is 2.37. The third kappa shape index (κ3) is 4.84. The van der Waals surface area contributed by atoms with Crippen molar-refractivity contribution in [2.45, 2.75) is 13.1 Å². The molecule has 1 heterocycles. The molecule has 0 aliphatic carbocycles. The SMILES string of the molecule is C=CCOc1c(Br)cc(CNCc2ccc3c(c2)OCO3)cc1OC.Cl. The number of benzene rings is 2. The van der Waals surface area contributed by atoms with Crippen LogP contribution < -0.4 is 24.3 Å². The number of hydrogen-bond donors (Lipinski definition) is 1. The molecule has 5 nitrogen and oxygen atoms in total. The number of fused-ring (bicyclic) bond motifs is 1. The molecule has 26 heavy (non-hydrogen) atoms. The first kappa shape index (κ1) is 20.4. The van der Waals surface area contributed by atoms with Crippen molar-refractivity contribution >= 4 is 28.3 Å². The Kier molecular flexibility index (Phi) is 7.63. The standard InChI is InChI=1S/C19H20BrNO4.ClH/c1-3-6-23-19-15(20)7-14(9-18(19)22-2)11-21-10-13-4-5-16-17(8-13)25-12-24-16;/h3-5,7-9,21H,1,6,10-12H2,2H3;1H. The largest absolute Gasteiger partial charge is 0.493 e. The maximum Gasteiger partial charge on any atom is 0.231 e. The molecule has 0 saturated heterocycles. The van der Waals surface area contributed by atoms with Crippen LogP contribution in [0.15, 0.2) is 47.5 Å². The highest BCUT2D eigenvalue weighted by molar-refractivity contribution is 9.10. The first-order valence-corrected chi connectivity index (χ1v) is 8.70. The molecule has 0 radical (unpaired) electrons. The molecule has 0 amide bonds. The molecule has 0 bridgehead atoms. The fourth-order valence-electron chi connectivity index (χ4n) is 2.56. The molecule has 3 rings (SSSR count). The summed E-state index contributed by atoms with van der Waals surface area (Å²) in [5.74, 6) is 2.97. The van der Waals surface area contributed by atoms with Crippen molar-refractivity contribution in [2.75, 3.05) is 20.5 Å². The first-order valence-electron chi connectivity index (χ1n) is 7.90. The van der Waals surface area contributed by atoms with Gasteiger partial charge in [-0.3, -0.25) is 0 Å². The zero-order chi connectivity index (χ0) is 17.6. The number of ether oxygens (including phenoxy) is 4. The summed E-state index contributed by atoms with van der Waals surface area (Å²) in [5.41, 5.74) is 2.23. The highest BCUT2D eigenvalue weighted by Gasteiger charge is 2.14. The predicted octanol–water partition coefficient (Wildman–Crippen LogP) is 4.46. The van der Waals surface area contributed by atoms with Gasteiger partial charge in [-0.1, -0.05) is 18.7 Å². The number of halogens is 2. The first-order chi connectivity index (χ1) is 12.2. The smallest absolute Gasteiger partial charge is 0.231 e. The average molecular weight is 443 g/mol. The molecule has 1 aliphatic heterocycles. The van der Waals surface area contributed by atoms with E-state index in [1.165, 1.54) is 0 Å². The van der Waals surface area contributed by atoms with Gasteiger partial charge in [0.25, 0.3) is 0 Å². The van der Waals surface area contributed by atoms with E-state index in [4.69, 9.17) is 18.9 Å². The fraction of sp³-hybridized carbons (Fsp3) is 0.263. The molecule has 1 N–H and O–H groups in total. The Morgan fingerprint density at radius 3 is 2.69 bits per heavy atom. The number of hydrogen-bond acceptors (Lipinski definition) is 5. The highest BCUT2D eigenvalue weighted by atomic mass is 79.9. The van der Waals surface area contributed by atoms with Crippen LogP contribution in [0, 0.1) is 0 Å². The van der Waals surface area contributed by atoms with Gasteiger partial charge in [0.15, 0.2) is 23.0 Å². The van der Waals surface area contributed by atoms with Crippen molar-refractivity contribution in [3.63, 3.8) is 0 Å². The lowest BCUT2D eigenvalue weighted by atomic mass is 10.1. The Balaban J connectivity index is 0.00000243. The minimum atomic E-state index is 0. The van der Waals surface area contributed by atoms with Crippen LogP contribution in [0.25, 0.3) is 0 Å². The van der Waals surface area contributed by atoms with E-state index < -0.39 is 0 Å². The van der Waals surface area contributed by atoms with Crippen LogP contribution >= 0.6 is 28.3 Å². The second-order valence-corrected chi connectivity index (χ2v) is 6.35. The van der Waals surface area contributed by atoms with Crippen molar-refractivity contribution in [1.29, 1.82) is 0 Å². The van der Waals surface area contributed by atoms with Crippen LogP contribution in [0.2, 0.25) is 0 Å². The molecule has 1 aliphatic rings. The third-order valence-corrected chi connectivity index (χ3v) is 4.32. The predicted molar refractivity (Wildman–Crippen MR) is 107 cm³/mol. The summed E-state index contributed by atoms with van der Waals surface area (Å²) in [6.45, 7) is 5.81. The van der Waals surface area contributed by atoms with Crippen LogP contribution in [0.5, 0.6) is 23.0 Å². The molecule has 0 aromatic heterocycles. The van der Waals surface area contributed by atoms with Crippen LogP contribution in [0.1, 0.15) is 11.1 Å². The van der Waals surface area contributed by atoms with Gasteiger partial charge in [-0.2, -0.15) is 0 Å². The Morgan fingerprint density at radius 1 is 1.15 bits per heavy atom. The van der Waals surface area contributed by atoms with Crippen molar-refractivity contribution < 1.29 is 18.9 Å². The minimum Gasteiger partial charge on any atom is -0.493 e. The number of methoxy groups -OCH3 is 1. The normalized spacial score (nSPS) is 11.6. The maximum atomic E-state index is 5.64. The van der Waals surface area contributed by atoms with Crippen LogP contribution in [-0.2, 0) is 13.1 Å². The summed E-state index contributed by atoms with van der Waals surface area (Å²) in [6.07, 6.45) is 1.70. The van der Waals surface area contributed by atoms with E-state index in [0.29, 0.717) is 31.4 Å². The molecular formula is C19H21BrClNO4. The van der Waals surface area contributed by atoms with Crippen molar-refractivity contribution in [3.8, 4) is 23.0 Å². The lowest BCUT2D eigenvalue weighted by Gasteiger charge is -2.14. The molecule has 7 heteroatoms. The van der Waals surface area contributed by atoms with Crippen LogP contribution in [-0.4, -0.2) is 20.5 Å². The van der Waals surface area contributed by atoms with Gasteiger partial charge in [-0.05, 0) is 51.3 Å². The second kappa shape index (κ2) is 9.71. The number of nitrogens with one attached hydrogen (secondary N) is 1.